The van der Waals surface area contributed by atoms with Gasteiger partial charge in [-0.05, 0) is 80.8 Å². The Morgan fingerprint density at radius 3 is 1.80 bits per heavy atom. The second kappa shape index (κ2) is 20.1. The standard InChI is InChI=1S/C44H49BN3O10P/c1-29(2)48(30(3)4)59(55-26-12-25-46)58-39-38(53-27-28-54-47-41(49)36-15-10-11-16-37(36)42(47)50)40(45)56-43(39)57-44(31-13-8-7-9-14-31,32-17-21-34(51-5)22-18-32)33-19-23-35(52-6)24-20-33/h7-11,13-24,29-30,38-40,43H,12,26-28H2,1-6H3. The molecule has 59 heavy (non-hydrogen) atoms. The van der Waals surface area contributed by atoms with Gasteiger partial charge >= 0.3 is 0 Å². The fraction of sp³-hybridized carbons (Fsp3) is 0.386. The van der Waals surface area contributed by atoms with E-state index in [9.17, 15) is 14.9 Å². The third-order valence-electron chi connectivity index (χ3n) is 9.92. The third kappa shape index (κ3) is 9.54. The predicted octanol–water partition coefficient (Wildman–Crippen LogP) is 7.14. The lowest BCUT2D eigenvalue weighted by Crippen LogP contribution is -2.45. The summed E-state index contributed by atoms with van der Waals surface area (Å²) in [7, 11) is 8.14. The molecule has 2 radical (unpaired) electrons. The molecule has 2 aliphatic heterocycles. The van der Waals surface area contributed by atoms with Gasteiger partial charge in [0.15, 0.2) is 6.29 Å². The molecular weight excluding hydrogens is 772 g/mol. The van der Waals surface area contributed by atoms with E-state index in [1.165, 1.54) is 0 Å². The van der Waals surface area contributed by atoms with Gasteiger partial charge < -0.3 is 32.7 Å². The van der Waals surface area contributed by atoms with Crippen molar-refractivity contribution in [3.8, 4) is 17.6 Å². The quantitative estimate of drug-likeness (QED) is 0.0295. The van der Waals surface area contributed by atoms with Gasteiger partial charge in [-0.25, -0.2) is 4.67 Å². The summed E-state index contributed by atoms with van der Waals surface area (Å²) in [6.07, 6.45) is -3.01. The lowest BCUT2D eigenvalue weighted by molar-refractivity contribution is -0.198. The first-order valence-corrected chi connectivity index (χ1v) is 20.6. The van der Waals surface area contributed by atoms with Gasteiger partial charge in [-0.1, -0.05) is 66.7 Å². The number of nitrogens with zero attached hydrogens (tertiary/aromatic N) is 3. The SMILES string of the molecule is [B]C1OC(OC(c2ccccc2)(c2ccc(OC)cc2)c2ccc(OC)cc2)C(OP(OCCC#N)N(C(C)C)C(C)C)C1OCCON1C(=O)c2ccccc2C1=O. The van der Waals surface area contributed by atoms with Crippen LogP contribution >= 0.6 is 8.53 Å². The minimum Gasteiger partial charge on any atom is -0.497 e. The number of hydrogen-bond acceptors (Lipinski definition) is 12. The Kier molecular flexibility index (Phi) is 14.9. The first kappa shape index (κ1) is 43.9. The van der Waals surface area contributed by atoms with Crippen LogP contribution in [0.15, 0.2) is 103 Å². The zero-order chi connectivity index (χ0) is 42.1. The van der Waals surface area contributed by atoms with Crippen LogP contribution in [0.25, 0.3) is 0 Å². The third-order valence-corrected chi connectivity index (χ3v) is 12.0. The van der Waals surface area contributed by atoms with E-state index < -0.39 is 50.4 Å². The second-order valence-corrected chi connectivity index (χ2v) is 15.7. The summed E-state index contributed by atoms with van der Waals surface area (Å²) in [6, 6.07) is 32.5. The molecule has 2 amide bonds. The van der Waals surface area contributed by atoms with E-state index in [1.54, 1.807) is 38.5 Å². The number of ether oxygens (including phenoxy) is 5. The van der Waals surface area contributed by atoms with E-state index in [2.05, 4.69) is 10.7 Å². The van der Waals surface area contributed by atoms with E-state index in [4.69, 9.17) is 45.4 Å². The largest absolute Gasteiger partial charge is 0.497 e. The molecule has 4 aromatic carbocycles. The number of carbonyl (C=O) groups excluding carboxylic acids is 2. The molecule has 1 saturated heterocycles. The summed E-state index contributed by atoms with van der Waals surface area (Å²) in [5.41, 5.74) is 1.49. The molecule has 15 heteroatoms. The Bertz CT molecular complexity index is 1960. The number of hydrogen-bond donors (Lipinski definition) is 0. The van der Waals surface area contributed by atoms with Crippen molar-refractivity contribution in [1.82, 2.24) is 9.73 Å². The Morgan fingerprint density at radius 1 is 0.763 bits per heavy atom. The van der Waals surface area contributed by atoms with E-state index in [-0.39, 0.29) is 49.5 Å². The highest BCUT2D eigenvalue weighted by molar-refractivity contribution is 7.44. The van der Waals surface area contributed by atoms with Crippen LogP contribution in [0, 0.1) is 11.3 Å². The van der Waals surface area contributed by atoms with Crippen LogP contribution < -0.4 is 9.47 Å². The van der Waals surface area contributed by atoms with Gasteiger partial charge in [-0.3, -0.25) is 14.4 Å². The zero-order valence-electron chi connectivity index (χ0n) is 34.1. The number of methoxy groups -OCH3 is 2. The average Bonchev–Trinajstić information content (AvgIpc) is 3.67. The molecule has 4 aromatic rings. The Hall–Kier alpha value is -4.68. The number of hydroxylamine groups is 2. The highest BCUT2D eigenvalue weighted by Crippen LogP contribution is 2.51. The molecule has 2 aliphatic rings. The van der Waals surface area contributed by atoms with E-state index >= 15 is 0 Å². The van der Waals surface area contributed by atoms with Crippen molar-refractivity contribution in [2.75, 3.05) is 34.0 Å². The van der Waals surface area contributed by atoms with Crippen LogP contribution in [-0.2, 0) is 33.7 Å². The normalized spacial score (nSPS) is 19.7. The summed E-state index contributed by atoms with van der Waals surface area (Å²) in [6.45, 7) is 7.99. The van der Waals surface area contributed by atoms with Gasteiger partial charge in [0.1, 0.15) is 37.2 Å². The van der Waals surface area contributed by atoms with Crippen molar-refractivity contribution < 1.29 is 47.2 Å². The number of imide groups is 1. The number of fused-ring (bicyclic) bond motifs is 1. The first-order chi connectivity index (χ1) is 28.5. The van der Waals surface area contributed by atoms with Crippen LogP contribution in [0.4, 0.5) is 0 Å². The maximum Gasteiger partial charge on any atom is 0.285 e. The first-order valence-electron chi connectivity index (χ1n) is 19.4. The maximum absolute atomic E-state index is 13.0. The van der Waals surface area contributed by atoms with Gasteiger partial charge in [0.05, 0.1) is 57.7 Å². The fourth-order valence-electron chi connectivity index (χ4n) is 7.24. The molecule has 0 N–H and O–H groups in total. The summed E-state index contributed by atoms with van der Waals surface area (Å²) >= 11 is 0. The number of benzene rings is 4. The van der Waals surface area contributed by atoms with Gasteiger partial charge in [0.25, 0.3) is 20.3 Å². The second-order valence-electron chi connectivity index (χ2n) is 14.3. The molecule has 0 aliphatic carbocycles. The van der Waals surface area contributed by atoms with Crippen LogP contribution in [0.1, 0.15) is 71.5 Å². The Labute approximate surface area is 348 Å². The molecule has 5 unspecified atom stereocenters. The van der Waals surface area contributed by atoms with E-state index in [0.717, 1.165) is 21.8 Å². The van der Waals surface area contributed by atoms with E-state index in [1.807, 2.05) is 107 Å². The lowest BCUT2D eigenvalue weighted by atomic mass is 9.80. The molecule has 5 atom stereocenters. The van der Waals surface area contributed by atoms with Crippen LogP contribution in [0.5, 0.6) is 11.5 Å². The van der Waals surface area contributed by atoms with Crippen molar-refractivity contribution in [1.29, 1.82) is 5.26 Å². The minimum absolute atomic E-state index is 0.0204. The molecule has 308 valence electrons. The summed E-state index contributed by atoms with van der Waals surface area (Å²) in [5.74, 6) is 0.201. The number of carbonyl (C=O) groups is 2. The maximum atomic E-state index is 13.0. The molecule has 13 nitrogen and oxygen atoms in total. The number of nitriles is 1. The predicted molar refractivity (Wildman–Crippen MR) is 221 cm³/mol. The van der Waals surface area contributed by atoms with Crippen molar-refractivity contribution in [2.45, 2.75) is 76.3 Å². The number of rotatable bonds is 20. The highest BCUT2D eigenvalue weighted by atomic mass is 31.2. The topological polar surface area (TPSA) is 138 Å². The molecule has 6 rings (SSSR count). The van der Waals surface area contributed by atoms with Crippen LogP contribution in [0.2, 0.25) is 0 Å². The van der Waals surface area contributed by atoms with Gasteiger partial charge in [-0.2, -0.15) is 5.26 Å². The monoisotopic (exact) mass is 821 g/mol. The molecule has 1 fully saturated rings. The fourth-order valence-corrected chi connectivity index (χ4v) is 8.98. The van der Waals surface area contributed by atoms with Crippen molar-refractivity contribution in [2.24, 2.45) is 0 Å². The zero-order valence-corrected chi connectivity index (χ0v) is 35.0. The molecule has 0 bridgehead atoms. The minimum atomic E-state index is -1.86. The van der Waals surface area contributed by atoms with Crippen molar-refractivity contribution >= 4 is 28.2 Å². The molecular formula is C44H49BN3O10P. The average molecular weight is 822 g/mol. The van der Waals surface area contributed by atoms with Crippen LogP contribution in [-0.4, -0.2) is 100 Å². The molecule has 0 saturated carbocycles. The highest BCUT2D eigenvalue weighted by Gasteiger charge is 2.52. The van der Waals surface area contributed by atoms with Crippen LogP contribution in [0.3, 0.4) is 0 Å². The Morgan fingerprint density at radius 2 is 1.29 bits per heavy atom. The molecule has 2 heterocycles. The van der Waals surface area contributed by atoms with Gasteiger partial charge in [0, 0.05) is 18.1 Å². The molecule has 0 aromatic heterocycles. The van der Waals surface area contributed by atoms with Crippen molar-refractivity contribution in [3.05, 3.63) is 131 Å². The van der Waals surface area contributed by atoms with Gasteiger partial charge in [0.2, 0.25) is 0 Å². The summed E-state index contributed by atoms with van der Waals surface area (Å²) in [4.78, 5) is 31.6. The Balaban J connectivity index is 1.38. The lowest BCUT2D eigenvalue weighted by Gasteiger charge is -2.41. The summed E-state index contributed by atoms with van der Waals surface area (Å²) in [5, 5.41) is 10.2. The number of amides is 2. The summed E-state index contributed by atoms with van der Waals surface area (Å²) < 4.78 is 46.8. The smallest absolute Gasteiger partial charge is 0.285 e. The molecule has 0 spiro atoms. The van der Waals surface area contributed by atoms with Crippen molar-refractivity contribution in [3.63, 3.8) is 0 Å². The van der Waals surface area contributed by atoms with E-state index in [0.29, 0.717) is 11.5 Å². The van der Waals surface area contributed by atoms with Gasteiger partial charge in [-0.15, -0.1) is 5.06 Å².